The Bertz CT molecular complexity index is 315. The van der Waals surface area contributed by atoms with Crippen molar-refractivity contribution in [3.05, 3.63) is 12.2 Å². The van der Waals surface area contributed by atoms with Crippen LogP contribution in [0.2, 0.25) is 0 Å². The van der Waals surface area contributed by atoms with Crippen molar-refractivity contribution in [3.63, 3.8) is 0 Å². The summed E-state index contributed by atoms with van der Waals surface area (Å²) in [6.45, 7) is 5.05. The summed E-state index contributed by atoms with van der Waals surface area (Å²) in [6.07, 6.45) is 4.44. The molecule has 1 heterocycles. The number of aryl methyl sites for hydroxylation is 1. The number of hydrazine groups is 1. The van der Waals surface area contributed by atoms with Crippen molar-refractivity contribution < 1.29 is 4.74 Å². The first-order valence-electron chi connectivity index (χ1n) is 6.06. The number of methoxy groups -OCH3 is 1. The Morgan fingerprint density at radius 1 is 1.59 bits per heavy atom. The average Bonchev–Trinajstić information content (AvgIpc) is 2.76. The third-order valence-electron chi connectivity index (χ3n) is 2.81. The Hall–Kier alpha value is -0.980. The predicted octanol–water partition coefficient (Wildman–Crippen LogP) is 0.488. The van der Waals surface area contributed by atoms with Crippen LogP contribution in [0.3, 0.4) is 0 Å². The molecular weight excluding hydrogens is 218 g/mol. The summed E-state index contributed by atoms with van der Waals surface area (Å²) in [5, 5.41) is 4.20. The van der Waals surface area contributed by atoms with Crippen LogP contribution in [-0.2, 0) is 17.7 Å². The molecule has 0 fully saturated rings. The molecule has 2 atom stereocenters. The van der Waals surface area contributed by atoms with Gasteiger partial charge in [0.25, 0.3) is 0 Å². The zero-order valence-corrected chi connectivity index (χ0v) is 10.9. The molecule has 0 aromatic carbocycles. The normalized spacial score (nSPS) is 14.8. The molecular formula is C11H23N5O. The molecule has 3 N–H and O–H groups in total. The first kappa shape index (κ1) is 14.1. The summed E-state index contributed by atoms with van der Waals surface area (Å²) < 4.78 is 7.17. The van der Waals surface area contributed by atoms with Gasteiger partial charge in [-0.05, 0) is 19.8 Å². The molecule has 17 heavy (non-hydrogen) atoms. The van der Waals surface area contributed by atoms with E-state index in [-0.39, 0.29) is 12.1 Å². The molecule has 0 spiro atoms. The average molecular weight is 241 g/mol. The standard InChI is InChI=1S/C11H23N5O/c1-4-5-16-11(13-8-14-16)7-10(15-12)6-9(2)17-3/h8-10,15H,4-7,12H2,1-3H3. The minimum atomic E-state index is 0.157. The third-order valence-corrected chi connectivity index (χ3v) is 2.81. The van der Waals surface area contributed by atoms with Gasteiger partial charge < -0.3 is 4.74 Å². The number of aromatic nitrogens is 3. The van der Waals surface area contributed by atoms with Crippen LogP contribution in [0, 0.1) is 0 Å². The van der Waals surface area contributed by atoms with Crippen LogP contribution in [-0.4, -0.2) is 34.0 Å². The van der Waals surface area contributed by atoms with E-state index in [1.807, 2.05) is 11.6 Å². The van der Waals surface area contributed by atoms with E-state index in [1.54, 1.807) is 13.4 Å². The Morgan fingerprint density at radius 2 is 2.35 bits per heavy atom. The van der Waals surface area contributed by atoms with Gasteiger partial charge in [-0.1, -0.05) is 6.92 Å². The van der Waals surface area contributed by atoms with Gasteiger partial charge in [-0.25, -0.2) is 4.98 Å². The second-order valence-corrected chi connectivity index (χ2v) is 4.25. The highest BCUT2D eigenvalue weighted by molar-refractivity contribution is 4.90. The molecule has 6 nitrogen and oxygen atoms in total. The molecule has 0 aliphatic heterocycles. The molecule has 1 aromatic rings. The van der Waals surface area contributed by atoms with Crippen molar-refractivity contribution >= 4 is 0 Å². The number of hydrogen-bond donors (Lipinski definition) is 2. The topological polar surface area (TPSA) is 78.0 Å². The van der Waals surface area contributed by atoms with Crippen molar-refractivity contribution in [2.75, 3.05) is 7.11 Å². The number of rotatable bonds is 8. The lowest BCUT2D eigenvalue weighted by molar-refractivity contribution is 0.1000. The van der Waals surface area contributed by atoms with Crippen molar-refractivity contribution in [1.82, 2.24) is 20.2 Å². The van der Waals surface area contributed by atoms with Crippen molar-refractivity contribution in [1.29, 1.82) is 0 Å². The highest BCUT2D eigenvalue weighted by atomic mass is 16.5. The summed E-state index contributed by atoms with van der Waals surface area (Å²) in [4.78, 5) is 4.27. The molecule has 2 unspecified atom stereocenters. The quantitative estimate of drug-likeness (QED) is 0.511. The summed E-state index contributed by atoms with van der Waals surface area (Å²) in [6, 6.07) is 0.157. The molecule has 0 aliphatic carbocycles. The highest BCUT2D eigenvalue weighted by Gasteiger charge is 2.15. The lowest BCUT2D eigenvalue weighted by Gasteiger charge is -2.19. The third kappa shape index (κ3) is 4.41. The minimum Gasteiger partial charge on any atom is -0.382 e. The molecule has 6 heteroatoms. The van der Waals surface area contributed by atoms with Crippen LogP contribution < -0.4 is 11.3 Å². The predicted molar refractivity (Wildman–Crippen MR) is 66.2 cm³/mol. The van der Waals surface area contributed by atoms with E-state index in [2.05, 4.69) is 22.4 Å². The smallest absolute Gasteiger partial charge is 0.138 e. The van der Waals surface area contributed by atoms with Crippen LogP contribution >= 0.6 is 0 Å². The number of hydrogen-bond acceptors (Lipinski definition) is 5. The Morgan fingerprint density at radius 3 is 2.94 bits per heavy atom. The zero-order valence-electron chi connectivity index (χ0n) is 10.9. The van der Waals surface area contributed by atoms with E-state index in [4.69, 9.17) is 10.6 Å². The van der Waals surface area contributed by atoms with Gasteiger partial charge in [-0.2, -0.15) is 5.10 Å². The molecule has 0 saturated carbocycles. The van der Waals surface area contributed by atoms with E-state index in [0.29, 0.717) is 0 Å². The van der Waals surface area contributed by atoms with Gasteiger partial charge >= 0.3 is 0 Å². The van der Waals surface area contributed by atoms with E-state index in [9.17, 15) is 0 Å². The van der Waals surface area contributed by atoms with Crippen LogP contribution in [0.1, 0.15) is 32.5 Å². The second kappa shape index (κ2) is 7.37. The summed E-state index contributed by atoms with van der Waals surface area (Å²) >= 11 is 0. The lowest BCUT2D eigenvalue weighted by Crippen LogP contribution is -2.39. The number of nitrogens with one attached hydrogen (secondary N) is 1. The van der Waals surface area contributed by atoms with Gasteiger partial charge in [0.05, 0.1) is 6.10 Å². The molecule has 0 bridgehead atoms. The summed E-state index contributed by atoms with van der Waals surface area (Å²) in [7, 11) is 1.71. The Balaban J connectivity index is 2.57. The Kier molecular flexibility index (Phi) is 6.10. The molecule has 0 amide bonds. The monoisotopic (exact) mass is 241 g/mol. The summed E-state index contributed by atoms with van der Waals surface area (Å²) in [5.41, 5.74) is 2.81. The van der Waals surface area contributed by atoms with E-state index >= 15 is 0 Å². The van der Waals surface area contributed by atoms with Crippen molar-refractivity contribution in [2.24, 2.45) is 5.84 Å². The van der Waals surface area contributed by atoms with Gasteiger partial charge in [-0.15, -0.1) is 0 Å². The molecule has 98 valence electrons. The second-order valence-electron chi connectivity index (χ2n) is 4.25. The van der Waals surface area contributed by atoms with Crippen LogP contribution in [0.25, 0.3) is 0 Å². The van der Waals surface area contributed by atoms with Gasteiger partial charge in [0.2, 0.25) is 0 Å². The zero-order chi connectivity index (χ0) is 12.7. The van der Waals surface area contributed by atoms with Gasteiger partial charge in [-0.3, -0.25) is 16.0 Å². The minimum absolute atomic E-state index is 0.157. The van der Waals surface area contributed by atoms with Gasteiger partial charge in [0.1, 0.15) is 12.2 Å². The number of nitrogens with two attached hydrogens (primary N) is 1. The molecule has 0 radical (unpaired) electrons. The van der Waals surface area contributed by atoms with Crippen LogP contribution in [0.15, 0.2) is 6.33 Å². The number of ether oxygens (including phenoxy) is 1. The largest absolute Gasteiger partial charge is 0.382 e. The fraction of sp³-hybridized carbons (Fsp3) is 0.818. The molecule has 0 saturated heterocycles. The van der Waals surface area contributed by atoms with Gasteiger partial charge in [0, 0.05) is 26.1 Å². The van der Waals surface area contributed by atoms with E-state index in [0.717, 1.165) is 31.6 Å². The first-order valence-corrected chi connectivity index (χ1v) is 6.06. The van der Waals surface area contributed by atoms with Crippen molar-refractivity contribution in [2.45, 2.75) is 51.8 Å². The first-order chi connectivity index (χ1) is 8.21. The lowest BCUT2D eigenvalue weighted by atomic mass is 10.1. The summed E-state index contributed by atoms with van der Waals surface area (Å²) in [5.74, 6) is 6.52. The van der Waals surface area contributed by atoms with Crippen molar-refractivity contribution in [3.8, 4) is 0 Å². The van der Waals surface area contributed by atoms with Crippen LogP contribution in [0.4, 0.5) is 0 Å². The SMILES string of the molecule is CCCn1ncnc1CC(CC(C)OC)NN. The van der Waals surface area contributed by atoms with Crippen LogP contribution in [0.5, 0.6) is 0 Å². The van der Waals surface area contributed by atoms with E-state index < -0.39 is 0 Å². The Labute approximate surface area is 103 Å². The van der Waals surface area contributed by atoms with E-state index in [1.165, 1.54) is 0 Å². The highest BCUT2D eigenvalue weighted by Crippen LogP contribution is 2.07. The maximum Gasteiger partial charge on any atom is 0.138 e. The molecule has 1 rings (SSSR count). The maximum atomic E-state index is 5.55. The fourth-order valence-corrected chi connectivity index (χ4v) is 1.77. The molecule has 1 aromatic heterocycles. The fourth-order valence-electron chi connectivity index (χ4n) is 1.77. The molecule has 0 aliphatic rings. The maximum absolute atomic E-state index is 5.55. The number of nitrogens with zero attached hydrogens (tertiary/aromatic N) is 3. The van der Waals surface area contributed by atoms with Gasteiger partial charge in [0.15, 0.2) is 0 Å².